The van der Waals surface area contributed by atoms with E-state index in [9.17, 15) is 4.79 Å². The van der Waals surface area contributed by atoms with Crippen LogP contribution in [0.2, 0.25) is 0 Å². The molecule has 2 aliphatic heterocycles. The van der Waals surface area contributed by atoms with Crippen LogP contribution in [0.3, 0.4) is 0 Å². The third-order valence-electron chi connectivity index (χ3n) is 9.27. The molecule has 0 saturated carbocycles. The van der Waals surface area contributed by atoms with Gasteiger partial charge in [0.05, 0.1) is 29.9 Å². The second-order valence-electron chi connectivity index (χ2n) is 12.8. The van der Waals surface area contributed by atoms with Crippen molar-refractivity contribution in [2.45, 2.75) is 57.7 Å². The van der Waals surface area contributed by atoms with Crippen LogP contribution in [0, 0.1) is 5.41 Å². The number of carbonyl (C=O) groups excluding carboxylic acids is 1. The predicted octanol–water partition coefficient (Wildman–Crippen LogP) is 5.83. The minimum atomic E-state index is -0.283. The van der Waals surface area contributed by atoms with Crippen molar-refractivity contribution in [2.24, 2.45) is 0 Å². The first kappa shape index (κ1) is 33.9. The first-order valence-electron chi connectivity index (χ1n) is 16.5. The zero-order chi connectivity index (χ0) is 33.5. The average Bonchev–Trinajstić information content (AvgIpc) is 3.08. The minimum Gasteiger partial charge on any atom is -0.494 e. The molecule has 11 nitrogen and oxygen atoms in total. The molecular formula is C36H49N9O2. The number of methoxy groups -OCH3 is 1. The molecule has 5 rings (SSSR count). The SMILES string of the molecule is C=CC(=O)Nc1cc(Nc2cc(-c3ccc(NC(C)C)c(C=N)c3)ncn2)c(OC)cc1N(C)C1CCN(C2CCN(C)CC2)CC1. The number of rotatable bonds is 12. The number of piperidine rings is 2. The molecule has 2 aliphatic rings. The van der Waals surface area contributed by atoms with Crippen molar-refractivity contribution in [1.82, 2.24) is 19.8 Å². The summed E-state index contributed by atoms with van der Waals surface area (Å²) in [6, 6.07) is 12.9. The topological polar surface area (TPSA) is 122 Å². The second kappa shape index (κ2) is 15.4. The Kier molecular flexibility index (Phi) is 11.1. The van der Waals surface area contributed by atoms with E-state index in [0.29, 0.717) is 40.7 Å². The lowest BCUT2D eigenvalue weighted by molar-refractivity contribution is -0.111. The lowest BCUT2D eigenvalue weighted by atomic mass is 9.97. The summed E-state index contributed by atoms with van der Waals surface area (Å²) in [6.45, 7) is 12.3. The Bertz CT molecular complexity index is 1560. The summed E-state index contributed by atoms with van der Waals surface area (Å²) in [5.41, 5.74) is 5.47. The van der Waals surface area contributed by atoms with Crippen LogP contribution in [-0.4, -0.2) is 97.4 Å². The van der Waals surface area contributed by atoms with E-state index in [2.05, 4.69) is 75.1 Å². The zero-order valence-corrected chi connectivity index (χ0v) is 28.3. The van der Waals surface area contributed by atoms with E-state index < -0.39 is 0 Å². The van der Waals surface area contributed by atoms with Gasteiger partial charge in [-0.25, -0.2) is 9.97 Å². The Balaban J connectivity index is 1.37. The Morgan fingerprint density at radius 1 is 1.04 bits per heavy atom. The lowest BCUT2D eigenvalue weighted by Gasteiger charge is -2.43. The number of amides is 1. The van der Waals surface area contributed by atoms with Crippen LogP contribution < -0.4 is 25.6 Å². The largest absolute Gasteiger partial charge is 0.494 e. The highest BCUT2D eigenvalue weighted by atomic mass is 16.5. The first-order chi connectivity index (χ1) is 22.7. The van der Waals surface area contributed by atoms with Crippen LogP contribution in [0.1, 0.15) is 45.1 Å². The molecule has 3 aromatic rings. The van der Waals surface area contributed by atoms with Crippen molar-refractivity contribution < 1.29 is 9.53 Å². The Morgan fingerprint density at radius 2 is 1.79 bits per heavy atom. The van der Waals surface area contributed by atoms with Gasteiger partial charge in [-0.1, -0.05) is 12.6 Å². The van der Waals surface area contributed by atoms with Gasteiger partial charge in [-0.05, 0) is 83.9 Å². The van der Waals surface area contributed by atoms with Gasteiger partial charge in [0.25, 0.3) is 0 Å². The monoisotopic (exact) mass is 639 g/mol. The van der Waals surface area contributed by atoms with Crippen LogP contribution in [0.15, 0.2) is 55.4 Å². The second-order valence-corrected chi connectivity index (χ2v) is 12.8. The number of carbonyl (C=O) groups is 1. The summed E-state index contributed by atoms with van der Waals surface area (Å²) in [6.07, 6.45) is 8.71. The number of ether oxygens (including phenoxy) is 1. The molecule has 0 aliphatic carbocycles. The average molecular weight is 640 g/mol. The summed E-state index contributed by atoms with van der Waals surface area (Å²) < 4.78 is 5.87. The smallest absolute Gasteiger partial charge is 0.247 e. The summed E-state index contributed by atoms with van der Waals surface area (Å²) >= 11 is 0. The zero-order valence-electron chi connectivity index (χ0n) is 28.3. The maximum atomic E-state index is 12.6. The fourth-order valence-corrected chi connectivity index (χ4v) is 6.61. The third-order valence-corrected chi connectivity index (χ3v) is 9.27. The maximum absolute atomic E-state index is 12.6. The summed E-state index contributed by atoms with van der Waals surface area (Å²) in [5, 5.41) is 17.7. The highest BCUT2D eigenvalue weighted by molar-refractivity contribution is 6.02. The molecule has 3 heterocycles. The molecule has 1 amide bonds. The van der Waals surface area contributed by atoms with E-state index in [-0.39, 0.29) is 11.9 Å². The number of hydrogen-bond acceptors (Lipinski definition) is 10. The van der Waals surface area contributed by atoms with Gasteiger partial charge >= 0.3 is 0 Å². The molecule has 0 atom stereocenters. The van der Waals surface area contributed by atoms with Crippen molar-refractivity contribution in [1.29, 1.82) is 5.41 Å². The van der Waals surface area contributed by atoms with Gasteiger partial charge in [-0.3, -0.25) is 4.79 Å². The van der Waals surface area contributed by atoms with E-state index in [1.54, 1.807) is 7.11 Å². The highest BCUT2D eigenvalue weighted by Gasteiger charge is 2.30. The van der Waals surface area contributed by atoms with Crippen molar-refractivity contribution in [3.05, 3.63) is 60.9 Å². The maximum Gasteiger partial charge on any atom is 0.247 e. The fraction of sp³-hybridized carbons (Fsp3) is 0.444. The molecule has 11 heteroatoms. The van der Waals surface area contributed by atoms with Crippen molar-refractivity contribution in [3.63, 3.8) is 0 Å². The van der Waals surface area contributed by atoms with Crippen LogP contribution in [0.25, 0.3) is 11.3 Å². The van der Waals surface area contributed by atoms with Gasteiger partial charge in [0.1, 0.15) is 17.9 Å². The molecule has 2 fully saturated rings. The number of nitrogens with one attached hydrogen (secondary N) is 4. The Labute approximate surface area is 278 Å². The third kappa shape index (κ3) is 8.28. The van der Waals surface area contributed by atoms with Crippen LogP contribution >= 0.6 is 0 Å². The van der Waals surface area contributed by atoms with Gasteiger partial charge in [0, 0.05) is 73.4 Å². The van der Waals surface area contributed by atoms with Gasteiger partial charge < -0.3 is 40.8 Å². The number of likely N-dealkylation sites (tertiary alicyclic amines) is 2. The van der Waals surface area contributed by atoms with Crippen molar-refractivity contribution >= 4 is 40.7 Å². The van der Waals surface area contributed by atoms with Gasteiger partial charge in [0.2, 0.25) is 5.91 Å². The van der Waals surface area contributed by atoms with Gasteiger partial charge in [0.15, 0.2) is 0 Å². The molecule has 250 valence electrons. The van der Waals surface area contributed by atoms with E-state index in [1.807, 2.05) is 36.4 Å². The minimum absolute atomic E-state index is 0.249. The van der Waals surface area contributed by atoms with Crippen LogP contribution in [0.5, 0.6) is 5.75 Å². The van der Waals surface area contributed by atoms with E-state index >= 15 is 0 Å². The summed E-state index contributed by atoms with van der Waals surface area (Å²) in [7, 11) is 5.95. The molecule has 2 aromatic carbocycles. The Morgan fingerprint density at radius 3 is 2.45 bits per heavy atom. The summed E-state index contributed by atoms with van der Waals surface area (Å²) in [5.74, 6) is 0.912. The molecule has 2 saturated heterocycles. The Hall–Kier alpha value is -4.48. The lowest BCUT2D eigenvalue weighted by Crippen LogP contribution is -2.50. The first-order valence-corrected chi connectivity index (χ1v) is 16.5. The van der Waals surface area contributed by atoms with Crippen molar-refractivity contribution in [3.8, 4) is 17.0 Å². The van der Waals surface area contributed by atoms with Crippen LogP contribution in [0.4, 0.5) is 28.6 Å². The van der Waals surface area contributed by atoms with E-state index in [1.165, 1.54) is 44.5 Å². The quantitative estimate of drug-likeness (QED) is 0.143. The molecule has 0 radical (unpaired) electrons. The van der Waals surface area contributed by atoms with Gasteiger partial charge in [-0.15, -0.1) is 0 Å². The van der Waals surface area contributed by atoms with E-state index in [4.69, 9.17) is 10.1 Å². The molecule has 0 spiro atoms. The molecule has 4 N–H and O–H groups in total. The molecule has 47 heavy (non-hydrogen) atoms. The number of hydrogen-bond donors (Lipinski definition) is 4. The fourth-order valence-electron chi connectivity index (χ4n) is 6.61. The number of anilines is 5. The number of nitrogens with zero attached hydrogens (tertiary/aromatic N) is 5. The standard InChI is InChI=1S/C36H49N9O2/c1-7-36(46)42-31-19-32(41-35-20-30(38-23-39-35)25-8-9-29(40-24(2)3)26(18-25)22-37)34(47-6)21-33(31)44(5)27-12-16-45(17-13-27)28-10-14-43(4)15-11-28/h7-9,18-24,27-28,37,40H,1,10-17H2,2-6H3,(H,42,46)(H,38,39,41). The number of benzene rings is 2. The molecule has 1 aromatic heterocycles. The predicted molar refractivity (Wildman–Crippen MR) is 193 cm³/mol. The molecule has 0 unspecified atom stereocenters. The molecular weight excluding hydrogens is 590 g/mol. The number of aromatic nitrogens is 2. The molecule has 0 bridgehead atoms. The summed E-state index contributed by atoms with van der Waals surface area (Å²) in [4.78, 5) is 28.9. The van der Waals surface area contributed by atoms with Crippen molar-refractivity contribution in [2.75, 3.05) is 68.2 Å². The normalized spacial score (nSPS) is 16.5. The van der Waals surface area contributed by atoms with E-state index in [0.717, 1.165) is 48.4 Å². The van der Waals surface area contributed by atoms with Crippen LogP contribution in [-0.2, 0) is 4.79 Å². The highest BCUT2D eigenvalue weighted by Crippen LogP contribution is 2.40. The van der Waals surface area contributed by atoms with Gasteiger partial charge in [-0.2, -0.15) is 0 Å².